The number of ether oxygens (including phenoxy) is 1. The second-order valence-corrected chi connectivity index (χ2v) is 6.11. The van der Waals surface area contributed by atoms with Crippen molar-refractivity contribution in [3.8, 4) is 5.75 Å². The minimum Gasteiger partial charge on any atom is -0.481 e. The van der Waals surface area contributed by atoms with Gasteiger partial charge in [-0.25, -0.2) is 4.39 Å². The lowest BCUT2D eigenvalue weighted by Gasteiger charge is -2.27. The normalized spacial score (nSPS) is 19.0. The van der Waals surface area contributed by atoms with Crippen molar-refractivity contribution in [3.05, 3.63) is 28.5 Å². The molecule has 5 nitrogen and oxygen atoms in total. The van der Waals surface area contributed by atoms with E-state index in [9.17, 15) is 14.0 Å². The molecule has 0 bridgehead atoms. The molecular weight excluding hydrogens is 357 g/mol. The predicted octanol–water partition coefficient (Wildman–Crippen LogP) is 2.82. The first-order valence-electron chi connectivity index (χ1n) is 7.02. The smallest absolute Gasteiger partial charge is 0.305 e. The minimum absolute atomic E-state index is 0.0568. The van der Waals surface area contributed by atoms with Crippen LogP contribution in [0.5, 0.6) is 5.75 Å². The van der Waals surface area contributed by atoms with Crippen molar-refractivity contribution in [1.82, 2.24) is 4.90 Å². The van der Waals surface area contributed by atoms with Gasteiger partial charge in [0.05, 0.1) is 10.9 Å². The van der Waals surface area contributed by atoms with Crippen molar-refractivity contribution in [2.75, 3.05) is 6.54 Å². The zero-order valence-corrected chi connectivity index (χ0v) is 13.7. The molecule has 1 aliphatic rings. The van der Waals surface area contributed by atoms with Crippen LogP contribution in [0.25, 0.3) is 0 Å². The van der Waals surface area contributed by atoms with Crippen LogP contribution in [0.1, 0.15) is 26.2 Å². The Morgan fingerprint density at radius 1 is 1.55 bits per heavy atom. The third kappa shape index (κ3) is 3.97. The molecule has 2 atom stereocenters. The van der Waals surface area contributed by atoms with Crippen molar-refractivity contribution in [3.63, 3.8) is 0 Å². The van der Waals surface area contributed by atoms with Crippen LogP contribution < -0.4 is 4.74 Å². The number of amides is 1. The van der Waals surface area contributed by atoms with Gasteiger partial charge < -0.3 is 14.7 Å². The van der Waals surface area contributed by atoms with E-state index in [1.807, 2.05) is 0 Å². The molecule has 2 rings (SSSR count). The van der Waals surface area contributed by atoms with Crippen LogP contribution in [0.15, 0.2) is 22.7 Å². The summed E-state index contributed by atoms with van der Waals surface area (Å²) in [5, 5.41) is 8.90. The lowest BCUT2D eigenvalue weighted by Crippen LogP contribution is -2.43. The number of nitrogens with zero attached hydrogens (tertiary/aromatic N) is 1. The molecule has 1 heterocycles. The van der Waals surface area contributed by atoms with Gasteiger partial charge in [-0.3, -0.25) is 9.59 Å². The number of hydrogen-bond acceptors (Lipinski definition) is 3. The summed E-state index contributed by atoms with van der Waals surface area (Å²) in [7, 11) is 0. The molecule has 1 aliphatic heterocycles. The number of benzene rings is 1. The Morgan fingerprint density at radius 3 is 2.91 bits per heavy atom. The van der Waals surface area contributed by atoms with Crippen LogP contribution in [0.2, 0.25) is 0 Å². The van der Waals surface area contributed by atoms with Gasteiger partial charge in [0.1, 0.15) is 11.6 Å². The Bertz CT molecular complexity index is 581. The van der Waals surface area contributed by atoms with Gasteiger partial charge in [-0.2, -0.15) is 0 Å². The molecule has 0 radical (unpaired) electrons. The average Bonchev–Trinajstić information content (AvgIpc) is 2.88. The van der Waals surface area contributed by atoms with Gasteiger partial charge in [-0.05, 0) is 53.9 Å². The molecule has 1 fully saturated rings. The van der Waals surface area contributed by atoms with Crippen LogP contribution in [-0.4, -0.2) is 40.6 Å². The van der Waals surface area contributed by atoms with Crippen LogP contribution in [-0.2, 0) is 9.59 Å². The molecule has 0 spiro atoms. The van der Waals surface area contributed by atoms with Crippen LogP contribution in [0.4, 0.5) is 4.39 Å². The number of rotatable bonds is 5. The number of halogens is 2. The Morgan fingerprint density at radius 2 is 2.27 bits per heavy atom. The van der Waals surface area contributed by atoms with E-state index in [1.165, 1.54) is 18.2 Å². The minimum atomic E-state index is -0.917. The summed E-state index contributed by atoms with van der Waals surface area (Å²) < 4.78 is 19.0. The number of carboxylic acids is 1. The average molecular weight is 374 g/mol. The van der Waals surface area contributed by atoms with E-state index in [4.69, 9.17) is 9.84 Å². The predicted molar refractivity (Wildman–Crippen MR) is 81.2 cm³/mol. The first-order valence-corrected chi connectivity index (χ1v) is 7.81. The van der Waals surface area contributed by atoms with E-state index < -0.39 is 17.9 Å². The summed E-state index contributed by atoms with van der Waals surface area (Å²) in [6.45, 7) is 2.14. The highest BCUT2D eigenvalue weighted by Gasteiger charge is 2.33. The maximum Gasteiger partial charge on any atom is 0.305 e. The van der Waals surface area contributed by atoms with E-state index in [-0.39, 0.29) is 18.4 Å². The first-order chi connectivity index (χ1) is 10.4. The molecule has 0 aromatic heterocycles. The summed E-state index contributed by atoms with van der Waals surface area (Å²) in [6, 6.07) is 3.67. The number of carbonyl (C=O) groups is 2. The maximum atomic E-state index is 13.0. The highest BCUT2D eigenvalue weighted by Crippen LogP contribution is 2.28. The second-order valence-electron chi connectivity index (χ2n) is 5.26. The topological polar surface area (TPSA) is 66.8 Å². The Kier molecular flexibility index (Phi) is 5.39. The van der Waals surface area contributed by atoms with Crippen molar-refractivity contribution in [1.29, 1.82) is 0 Å². The number of aliphatic carboxylic acids is 1. The molecule has 1 amide bonds. The monoisotopic (exact) mass is 373 g/mol. The summed E-state index contributed by atoms with van der Waals surface area (Å²) in [5.41, 5.74) is 0. The summed E-state index contributed by atoms with van der Waals surface area (Å²) in [4.78, 5) is 24.9. The highest BCUT2D eigenvalue weighted by atomic mass is 79.9. The lowest BCUT2D eigenvalue weighted by molar-refractivity contribution is -0.142. The zero-order valence-electron chi connectivity index (χ0n) is 12.1. The summed E-state index contributed by atoms with van der Waals surface area (Å²) >= 11 is 3.19. The SMILES string of the molecule is CC(Oc1ccc(F)cc1Br)C(=O)N1CCCC1CC(=O)O. The van der Waals surface area contributed by atoms with Crippen molar-refractivity contribution >= 4 is 27.8 Å². The number of hydrogen-bond donors (Lipinski definition) is 1. The van der Waals surface area contributed by atoms with Crippen molar-refractivity contribution in [2.45, 2.75) is 38.3 Å². The van der Waals surface area contributed by atoms with Gasteiger partial charge in [0.15, 0.2) is 6.10 Å². The summed E-state index contributed by atoms with van der Waals surface area (Å²) in [5.74, 6) is -1.20. The zero-order chi connectivity index (χ0) is 16.3. The van der Waals surface area contributed by atoms with E-state index in [2.05, 4.69) is 15.9 Å². The van der Waals surface area contributed by atoms with Gasteiger partial charge in [-0.1, -0.05) is 0 Å². The van der Waals surface area contributed by atoms with Crippen molar-refractivity contribution in [2.24, 2.45) is 0 Å². The van der Waals surface area contributed by atoms with E-state index in [1.54, 1.807) is 11.8 Å². The fourth-order valence-electron chi connectivity index (χ4n) is 2.58. The van der Waals surface area contributed by atoms with E-state index in [0.717, 1.165) is 6.42 Å². The van der Waals surface area contributed by atoms with Gasteiger partial charge in [0.2, 0.25) is 0 Å². The van der Waals surface area contributed by atoms with Crippen LogP contribution in [0.3, 0.4) is 0 Å². The molecule has 7 heteroatoms. The third-order valence-corrected chi connectivity index (χ3v) is 4.24. The largest absolute Gasteiger partial charge is 0.481 e. The van der Waals surface area contributed by atoms with Gasteiger partial charge >= 0.3 is 5.97 Å². The Labute approximate surface area is 136 Å². The fraction of sp³-hybridized carbons (Fsp3) is 0.467. The lowest BCUT2D eigenvalue weighted by atomic mass is 10.1. The van der Waals surface area contributed by atoms with E-state index >= 15 is 0 Å². The molecular formula is C15H17BrFNO4. The molecule has 120 valence electrons. The summed E-state index contributed by atoms with van der Waals surface area (Å²) in [6.07, 6.45) is 0.650. The van der Waals surface area contributed by atoms with Gasteiger partial charge in [0, 0.05) is 12.6 Å². The number of carbonyl (C=O) groups excluding carboxylic acids is 1. The molecule has 1 saturated heterocycles. The molecule has 1 aromatic rings. The van der Waals surface area contributed by atoms with Crippen LogP contribution in [0, 0.1) is 5.82 Å². The van der Waals surface area contributed by atoms with E-state index in [0.29, 0.717) is 23.2 Å². The van der Waals surface area contributed by atoms with Crippen LogP contribution >= 0.6 is 15.9 Å². The quantitative estimate of drug-likeness (QED) is 0.861. The maximum absolute atomic E-state index is 13.0. The number of likely N-dealkylation sites (tertiary alicyclic amines) is 1. The highest BCUT2D eigenvalue weighted by molar-refractivity contribution is 9.10. The fourth-order valence-corrected chi connectivity index (χ4v) is 3.03. The molecule has 0 saturated carbocycles. The standard InChI is InChI=1S/C15H17BrFNO4/c1-9(22-13-5-4-10(17)7-12(13)16)15(21)18-6-2-3-11(18)8-14(19)20/h4-5,7,9,11H,2-3,6,8H2,1H3,(H,19,20). The van der Waals surface area contributed by atoms with Gasteiger partial charge in [0.25, 0.3) is 5.91 Å². The molecule has 2 unspecified atom stereocenters. The Balaban J connectivity index is 2.03. The number of carboxylic acid groups (broad SMARTS) is 1. The second kappa shape index (κ2) is 7.09. The molecule has 22 heavy (non-hydrogen) atoms. The van der Waals surface area contributed by atoms with Crippen molar-refractivity contribution < 1.29 is 23.8 Å². The first kappa shape index (κ1) is 16.7. The van der Waals surface area contributed by atoms with Gasteiger partial charge in [-0.15, -0.1) is 0 Å². The third-order valence-electron chi connectivity index (χ3n) is 3.62. The Hall–Kier alpha value is -1.63. The molecule has 0 aliphatic carbocycles. The molecule has 1 aromatic carbocycles. The molecule has 1 N–H and O–H groups in total.